The molecule has 0 bridgehead atoms. The number of amides is 5. The van der Waals surface area contributed by atoms with Gasteiger partial charge in [0.15, 0.2) is 0 Å². The number of methoxy groups -OCH3 is 2. The number of imidazole rings is 1. The molecule has 1 aromatic heterocycles. The lowest BCUT2D eigenvalue weighted by Crippen LogP contribution is -2.54. The normalized spacial score (nSPS) is 20.3. The van der Waals surface area contributed by atoms with E-state index in [0.717, 1.165) is 12.8 Å². The van der Waals surface area contributed by atoms with E-state index in [-0.39, 0.29) is 52.1 Å². The predicted molar refractivity (Wildman–Crippen MR) is 235 cm³/mol. The Kier molecular flexibility index (Phi) is 12.0. The van der Waals surface area contributed by atoms with E-state index >= 15 is 8.78 Å². The fraction of sp³-hybridized carbons (Fsp3) is 0.458. The van der Waals surface area contributed by atoms with Crippen LogP contribution in [0, 0.1) is 17.3 Å². The Hall–Kier alpha value is -6.32. The predicted octanol–water partition coefficient (Wildman–Crippen LogP) is 8.00. The number of H-pyrrole nitrogens is 1. The molecular weight excluding hydrogens is 825 g/mol. The molecule has 3 fully saturated rings. The Labute approximate surface area is 370 Å². The van der Waals surface area contributed by atoms with E-state index in [1.165, 1.54) is 31.3 Å². The van der Waals surface area contributed by atoms with Gasteiger partial charge in [-0.25, -0.2) is 14.6 Å². The van der Waals surface area contributed by atoms with Gasteiger partial charge in [-0.05, 0) is 95.9 Å². The van der Waals surface area contributed by atoms with Crippen LogP contribution in [0.3, 0.4) is 0 Å². The lowest BCUT2D eigenvalue weighted by molar-refractivity contribution is -0.139. The van der Waals surface area contributed by atoms with E-state index < -0.39 is 36.2 Å². The van der Waals surface area contributed by atoms with Crippen LogP contribution in [0.25, 0.3) is 33.5 Å². The van der Waals surface area contributed by atoms with E-state index in [1.54, 1.807) is 59.6 Å². The minimum Gasteiger partial charge on any atom is -0.453 e. The van der Waals surface area contributed by atoms with Gasteiger partial charge in [0.2, 0.25) is 17.7 Å². The zero-order valence-corrected chi connectivity index (χ0v) is 36.9. The Morgan fingerprint density at radius 3 is 2.11 bits per heavy atom. The summed E-state index contributed by atoms with van der Waals surface area (Å²) in [5.41, 5.74) is 3.23. The van der Waals surface area contributed by atoms with Crippen molar-refractivity contribution < 1.29 is 42.2 Å². The van der Waals surface area contributed by atoms with Crippen LogP contribution in [0.15, 0.2) is 66.9 Å². The zero-order valence-electron chi connectivity index (χ0n) is 36.9. The summed E-state index contributed by atoms with van der Waals surface area (Å²) >= 11 is 0. The minimum atomic E-state index is -3.33. The number of aromatic amines is 1. The number of rotatable bonds is 12. The Bertz CT molecular complexity index is 2480. The Balaban J connectivity index is 0.988. The number of alkyl halides is 2. The summed E-state index contributed by atoms with van der Waals surface area (Å²) in [5, 5.41) is 8.25. The van der Waals surface area contributed by atoms with Crippen LogP contribution < -0.4 is 16.0 Å². The van der Waals surface area contributed by atoms with E-state index in [4.69, 9.17) is 9.47 Å². The molecular formula is C48H55F2N7O7. The summed E-state index contributed by atoms with van der Waals surface area (Å²) in [5.74, 6) is -4.11. The van der Waals surface area contributed by atoms with Gasteiger partial charge in [0, 0.05) is 35.5 Å². The van der Waals surface area contributed by atoms with Gasteiger partial charge in [0.05, 0.1) is 32.2 Å². The standard InChI is InChI=1S/C48H55F2N7O7/c1-7-27(4)40(55-46(62)64-6)44(60)56-19-9-12-37(56)42(58)52-31-11-8-10-28(20-31)29-13-15-32-33-16-14-30(22-35(33)48(49,50)34(32)21-29)36-24-51-41(53-36)38-23-47(17-18-47)25-57(38)43(59)39(26(2)3)54-45(61)63-5/h8,10-11,13-16,20-22,24,26-27,37-40H,7,9,12,17-19,23,25H2,1-6H3,(H,51,53)(H,52,58)(H,54,61)(H,55,62)/t27?,37?,38-,39?,40?/m0/s1. The maximum atomic E-state index is 16.6. The van der Waals surface area contributed by atoms with Gasteiger partial charge in [-0.1, -0.05) is 70.5 Å². The summed E-state index contributed by atoms with van der Waals surface area (Å²) in [6.45, 7) is 8.40. The van der Waals surface area contributed by atoms with Gasteiger partial charge in [0.25, 0.3) is 5.92 Å². The van der Waals surface area contributed by atoms with Crippen molar-refractivity contribution >= 4 is 35.6 Å². The molecule has 0 radical (unpaired) electrons. The minimum absolute atomic E-state index is 0.00155. The number of anilines is 1. The van der Waals surface area contributed by atoms with Crippen molar-refractivity contribution in [2.45, 2.75) is 96.3 Å². The molecule has 64 heavy (non-hydrogen) atoms. The van der Waals surface area contributed by atoms with Crippen LogP contribution in [-0.4, -0.2) is 95.1 Å². The van der Waals surface area contributed by atoms with Gasteiger partial charge in [-0.2, -0.15) is 8.78 Å². The smallest absolute Gasteiger partial charge is 0.407 e. The fourth-order valence-electron chi connectivity index (χ4n) is 9.52. The molecule has 2 aliphatic carbocycles. The molecule has 1 spiro atoms. The number of nitrogens with zero attached hydrogens (tertiary/aromatic N) is 3. The number of nitrogens with one attached hydrogen (secondary N) is 4. The molecule has 338 valence electrons. The third kappa shape index (κ3) is 8.29. The number of carbonyl (C=O) groups excluding carboxylic acids is 5. The summed E-state index contributed by atoms with van der Waals surface area (Å²) in [6, 6.07) is 14.1. The number of likely N-dealkylation sites (tertiary alicyclic amines) is 2. The highest BCUT2D eigenvalue weighted by atomic mass is 19.3. The number of carbonyl (C=O) groups is 5. The number of fused-ring (bicyclic) bond motifs is 3. The fourth-order valence-corrected chi connectivity index (χ4v) is 9.52. The quantitative estimate of drug-likeness (QED) is 0.111. The molecule has 3 aromatic carbocycles. The topological polar surface area (TPSA) is 175 Å². The first kappa shape index (κ1) is 44.3. The highest BCUT2D eigenvalue weighted by Gasteiger charge is 2.55. The monoisotopic (exact) mass is 879 g/mol. The van der Waals surface area contributed by atoms with Crippen LogP contribution in [0.1, 0.15) is 89.2 Å². The molecule has 14 nitrogen and oxygen atoms in total. The second-order valence-electron chi connectivity index (χ2n) is 18.1. The van der Waals surface area contributed by atoms with Gasteiger partial charge in [-0.3, -0.25) is 14.4 Å². The second kappa shape index (κ2) is 17.3. The lowest BCUT2D eigenvalue weighted by Gasteiger charge is -2.31. The highest BCUT2D eigenvalue weighted by molar-refractivity contribution is 5.99. The lowest BCUT2D eigenvalue weighted by atomic mass is 9.97. The van der Waals surface area contributed by atoms with Gasteiger partial charge >= 0.3 is 12.2 Å². The maximum Gasteiger partial charge on any atom is 0.407 e. The van der Waals surface area contributed by atoms with E-state index in [1.807, 2.05) is 27.7 Å². The average Bonchev–Trinajstić information content (AvgIpc) is 3.68. The first-order valence-corrected chi connectivity index (χ1v) is 22.0. The van der Waals surface area contributed by atoms with Crippen molar-refractivity contribution in [3.8, 4) is 33.5 Å². The van der Waals surface area contributed by atoms with E-state index in [0.29, 0.717) is 83.8 Å². The molecule has 3 heterocycles. The molecule has 1 saturated carbocycles. The van der Waals surface area contributed by atoms with Crippen molar-refractivity contribution in [3.63, 3.8) is 0 Å². The Morgan fingerprint density at radius 2 is 1.47 bits per heavy atom. The van der Waals surface area contributed by atoms with Crippen LogP contribution in [-0.2, 0) is 29.8 Å². The molecule has 2 saturated heterocycles. The first-order chi connectivity index (χ1) is 30.6. The Morgan fingerprint density at radius 1 is 0.844 bits per heavy atom. The van der Waals surface area contributed by atoms with Gasteiger partial charge in [0.1, 0.15) is 23.9 Å². The maximum absolute atomic E-state index is 16.6. The summed E-state index contributed by atoms with van der Waals surface area (Å²) in [4.78, 5) is 76.8. The van der Waals surface area contributed by atoms with Crippen LogP contribution in [0.5, 0.6) is 0 Å². The largest absolute Gasteiger partial charge is 0.453 e. The number of hydrogen-bond donors (Lipinski definition) is 4. The molecule has 4 aromatic rings. The van der Waals surface area contributed by atoms with Gasteiger partial charge < -0.3 is 40.2 Å². The summed E-state index contributed by atoms with van der Waals surface area (Å²) in [7, 11) is 2.49. The van der Waals surface area contributed by atoms with Crippen molar-refractivity contribution in [2.24, 2.45) is 17.3 Å². The van der Waals surface area contributed by atoms with E-state index in [2.05, 4.69) is 25.9 Å². The third-order valence-corrected chi connectivity index (χ3v) is 13.6. The summed E-state index contributed by atoms with van der Waals surface area (Å²) in [6.07, 6.45) is 4.58. The second-order valence-corrected chi connectivity index (χ2v) is 18.1. The molecule has 5 amide bonds. The molecule has 4 N–H and O–H groups in total. The van der Waals surface area contributed by atoms with Crippen molar-refractivity contribution in [1.29, 1.82) is 0 Å². The highest BCUT2D eigenvalue weighted by Crippen LogP contribution is 2.58. The average molecular weight is 880 g/mol. The molecule has 16 heteroatoms. The number of alkyl carbamates (subject to hydrolysis) is 2. The number of halogens is 2. The first-order valence-electron chi connectivity index (χ1n) is 22.0. The molecule has 5 atom stereocenters. The van der Waals surface area contributed by atoms with Crippen LogP contribution in [0.4, 0.5) is 24.1 Å². The molecule has 2 aliphatic heterocycles. The van der Waals surface area contributed by atoms with Crippen molar-refractivity contribution in [2.75, 3.05) is 32.6 Å². The number of ether oxygens (including phenoxy) is 2. The molecule has 8 rings (SSSR count). The SMILES string of the molecule is CCC(C)C(NC(=O)OC)C(=O)N1CCCC1C(=O)Nc1cccc(-c2ccc3c(c2)C(F)(F)c2cc(-c4cnc([C@@H]5CC6(CC6)CN5C(=O)C(NC(=O)OC)C(C)C)[nH]4)ccc2-3)c1. The molecule has 4 aliphatic rings. The number of benzene rings is 3. The van der Waals surface area contributed by atoms with E-state index in [9.17, 15) is 24.0 Å². The van der Waals surface area contributed by atoms with Crippen LogP contribution in [0.2, 0.25) is 0 Å². The number of aromatic nitrogens is 2. The van der Waals surface area contributed by atoms with Crippen molar-refractivity contribution in [1.82, 2.24) is 30.4 Å². The zero-order chi connectivity index (χ0) is 45.7. The van der Waals surface area contributed by atoms with Gasteiger partial charge in [-0.15, -0.1) is 0 Å². The third-order valence-electron chi connectivity index (χ3n) is 13.6. The van der Waals surface area contributed by atoms with Crippen molar-refractivity contribution in [3.05, 3.63) is 83.8 Å². The number of hydrogen-bond acceptors (Lipinski definition) is 8. The van der Waals surface area contributed by atoms with Crippen LogP contribution >= 0.6 is 0 Å². The summed E-state index contributed by atoms with van der Waals surface area (Å²) < 4.78 is 42.7. The molecule has 4 unspecified atom stereocenters.